The van der Waals surface area contributed by atoms with Gasteiger partial charge in [0.1, 0.15) is 5.82 Å². The number of rotatable bonds is 6. The van der Waals surface area contributed by atoms with Crippen molar-refractivity contribution >= 4 is 5.97 Å². The summed E-state index contributed by atoms with van der Waals surface area (Å²) in [6.45, 7) is 6.65. The van der Waals surface area contributed by atoms with Gasteiger partial charge in [-0.2, -0.15) is 0 Å². The highest BCUT2D eigenvalue weighted by Crippen LogP contribution is 2.17. The van der Waals surface area contributed by atoms with Crippen LogP contribution >= 0.6 is 0 Å². The Morgan fingerprint density at radius 3 is 2.55 bits per heavy atom. The van der Waals surface area contributed by atoms with Crippen LogP contribution in [0.5, 0.6) is 0 Å². The summed E-state index contributed by atoms with van der Waals surface area (Å²) in [6, 6.07) is 4.28. The Morgan fingerprint density at radius 1 is 1.40 bits per heavy atom. The molecule has 1 unspecified atom stereocenters. The molecule has 0 saturated heterocycles. The van der Waals surface area contributed by atoms with E-state index in [1.165, 1.54) is 19.2 Å². The molecule has 0 saturated carbocycles. The van der Waals surface area contributed by atoms with Gasteiger partial charge in [0.25, 0.3) is 0 Å². The van der Waals surface area contributed by atoms with Crippen molar-refractivity contribution in [1.29, 1.82) is 0 Å². The van der Waals surface area contributed by atoms with Gasteiger partial charge in [0.05, 0.1) is 18.8 Å². The molecule has 0 aliphatic rings. The first kappa shape index (κ1) is 16.6. The SMILES string of the molecule is COC(=O)c1cc(F)ccc1CN(CC(C)O)C(C)C. The molecular weight excluding hydrogens is 261 g/mol. The number of esters is 1. The summed E-state index contributed by atoms with van der Waals surface area (Å²) in [4.78, 5) is 13.7. The summed E-state index contributed by atoms with van der Waals surface area (Å²) in [5.41, 5.74) is 0.913. The maximum Gasteiger partial charge on any atom is 0.338 e. The molecule has 4 nitrogen and oxygen atoms in total. The minimum atomic E-state index is -0.555. The van der Waals surface area contributed by atoms with E-state index in [9.17, 15) is 14.3 Å². The molecule has 5 heteroatoms. The minimum Gasteiger partial charge on any atom is -0.465 e. The molecule has 0 aliphatic heterocycles. The van der Waals surface area contributed by atoms with E-state index in [4.69, 9.17) is 0 Å². The number of hydrogen-bond donors (Lipinski definition) is 1. The fourth-order valence-corrected chi connectivity index (χ4v) is 2.00. The Balaban J connectivity index is 3.02. The Labute approximate surface area is 119 Å². The van der Waals surface area contributed by atoms with Gasteiger partial charge in [-0.15, -0.1) is 0 Å². The van der Waals surface area contributed by atoms with E-state index in [-0.39, 0.29) is 11.6 Å². The van der Waals surface area contributed by atoms with Crippen LogP contribution < -0.4 is 0 Å². The van der Waals surface area contributed by atoms with Gasteiger partial charge in [0.2, 0.25) is 0 Å². The third-order valence-electron chi connectivity index (χ3n) is 3.08. The van der Waals surface area contributed by atoms with Crippen molar-refractivity contribution in [2.45, 2.75) is 39.5 Å². The second-order valence-corrected chi connectivity index (χ2v) is 5.17. The average Bonchev–Trinajstić information content (AvgIpc) is 2.38. The first-order valence-electron chi connectivity index (χ1n) is 6.64. The maximum absolute atomic E-state index is 13.3. The number of ether oxygens (including phenoxy) is 1. The fourth-order valence-electron chi connectivity index (χ4n) is 2.00. The molecule has 1 aromatic carbocycles. The van der Waals surface area contributed by atoms with Crippen LogP contribution in [0, 0.1) is 5.82 Å². The van der Waals surface area contributed by atoms with Gasteiger partial charge in [-0.1, -0.05) is 6.07 Å². The van der Waals surface area contributed by atoms with Crippen molar-refractivity contribution in [1.82, 2.24) is 4.90 Å². The largest absolute Gasteiger partial charge is 0.465 e. The lowest BCUT2D eigenvalue weighted by atomic mass is 10.1. The third-order valence-corrected chi connectivity index (χ3v) is 3.08. The zero-order chi connectivity index (χ0) is 15.3. The van der Waals surface area contributed by atoms with Crippen LogP contribution in [0.1, 0.15) is 36.7 Å². The van der Waals surface area contributed by atoms with Gasteiger partial charge in [-0.25, -0.2) is 9.18 Å². The van der Waals surface area contributed by atoms with Gasteiger partial charge in [0.15, 0.2) is 0 Å². The van der Waals surface area contributed by atoms with Gasteiger partial charge in [-0.05, 0) is 38.5 Å². The summed E-state index contributed by atoms with van der Waals surface area (Å²) in [7, 11) is 1.27. The molecule has 1 rings (SSSR count). The Kier molecular flexibility index (Phi) is 6.10. The van der Waals surface area contributed by atoms with Gasteiger partial charge in [-0.3, -0.25) is 4.90 Å². The Hall–Kier alpha value is -1.46. The maximum atomic E-state index is 13.3. The topological polar surface area (TPSA) is 49.8 Å². The molecule has 0 radical (unpaired) electrons. The van der Waals surface area contributed by atoms with Crippen molar-refractivity contribution in [3.8, 4) is 0 Å². The van der Waals surface area contributed by atoms with Crippen LogP contribution in [0.4, 0.5) is 4.39 Å². The number of benzene rings is 1. The number of nitrogens with zero attached hydrogens (tertiary/aromatic N) is 1. The van der Waals surface area contributed by atoms with E-state index in [1.54, 1.807) is 13.0 Å². The Morgan fingerprint density at radius 2 is 2.05 bits per heavy atom. The van der Waals surface area contributed by atoms with Crippen molar-refractivity contribution in [2.24, 2.45) is 0 Å². The third kappa shape index (κ3) is 4.58. The van der Waals surface area contributed by atoms with Crippen molar-refractivity contribution in [3.05, 3.63) is 35.1 Å². The summed E-state index contributed by atoms with van der Waals surface area (Å²) in [5, 5.41) is 9.53. The zero-order valence-corrected chi connectivity index (χ0v) is 12.4. The Bertz CT molecular complexity index is 460. The lowest BCUT2D eigenvalue weighted by molar-refractivity contribution is 0.0595. The van der Waals surface area contributed by atoms with Crippen molar-refractivity contribution < 1.29 is 19.0 Å². The van der Waals surface area contributed by atoms with Crippen LogP contribution in [0.2, 0.25) is 0 Å². The average molecular weight is 283 g/mol. The summed E-state index contributed by atoms with van der Waals surface area (Å²) < 4.78 is 18.0. The molecule has 0 heterocycles. The number of methoxy groups -OCH3 is 1. The highest BCUT2D eigenvalue weighted by atomic mass is 19.1. The highest BCUT2D eigenvalue weighted by Gasteiger charge is 2.18. The molecule has 20 heavy (non-hydrogen) atoms. The van der Waals surface area contributed by atoms with Crippen LogP contribution in [0.3, 0.4) is 0 Å². The standard InChI is InChI=1S/C15H22FNO3/c1-10(2)17(8-11(3)18)9-12-5-6-13(16)7-14(12)15(19)20-4/h5-7,10-11,18H,8-9H2,1-4H3. The molecule has 0 spiro atoms. The van der Waals surface area contributed by atoms with E-state index in [0.717, 1.165) is 0 Å². The second kappa shape index (κ2) is 7.36. The number of hydrogen-bond acceptors (Lipinski definition) is 4. The number of carbonyl (C=O) groups excluding carboxylic acids is 1. The van der Waals surface area contributed by atoms with Crippen LogP contribution in [0.15, 0.2) is 18.2 Å². The molecule has 0 bridgehead atoms. The number of carbonyl (C=O) groups is 1. The molecule has 0 amide bonds. The van der Waals surface area contributed by atoms with Crippen LogP contribution in [-0.4, -0.2) is 41.8 Å². The summed E-state index contributed by atoms with van der Waals surface area (Å²) in [5.74, 6) is -1.03. The molecule has 1 atom stereocenters. The van der Waals surface area contributed by atoms with E-state index in [0.29, 0.717) is 18.7 Å². The normalized spacial score (nSPS) is 12.8. The van der Waals surface area contributed by atoms with E-state index >= 15 is 0 Å². The van der Waals surface area contributed by atoms with Gasteiger partial charge < -0.3 is 9.84 Å². The second-order valence-electron chi connectivity index (χ2n) is 5.17. The molecular formula is C15H22FNO3. The molecule has 1 aromatic rings. The predicted molar refractivity (Wildman–Crippen MR) is 75.0 cm³/mol. The number of aliphatic hydroxyl groups excluding tert-OH is 1. The number of aliphatic hydroxyl groups is 1. The van der Waals surface area contributed by atoms with Crippen LogP contribution in [-0.2, 0) is 11.3 Å². The lowest BCUT2D eigenvalue weighted by Crippen LogP contribution is -2.36. The van der Waals surface area contributed by atoms with Crippen molar-refractivity contribution in [3.63, 3.8) is 0 Å². The summed E-state index contributed by atoms with van der Waals surface area (Å²) in [6.07, 6.45) is -0.473. The molecule has 112 valence electrons. The fraction of sp³-hybridized carbons (Fsp3) is 0.533. The summed E-state index contributed by atoms with van der Waals surface area (Å²) >= 11 is 0. The van der Waals surface area contributed by atoms with E-state index in [2.05, 4.69) is 4.74 Å². The number of halogens is 1. The van der Waals surface area contributed by atoms with Crippen LogP contribution in [0.25, 0.3) is 0 Å². The first-order valence-corrected chi connectivity index (χ1v) is 6.64. The van der Waals surface area contributed by atoms with Gasteiger partial charge in [0, 0.05) is 19.1 Å². The molecule has 0 aliphatic carbocycles. The van der Waals surface area contributed by atoms with Gasteiger partial charge >= 0.3 is 5.97 Å². The minimum absolute atomic E-state index is 0.195. The van der Waals surface area contributed by atoms with Crippen molar-refractivity contribution in [2.75, 3.05) is 13.7 Å². The molecule has 0 aromatic heterocycles. The molecule has 0 fully saturated rings. The highest BCUT2D eigenvalue weighted by molar-refractivity contribution is 5.91. The first-order chi connectivity index (χ1) is 9.35. The monoisotopic (exact) mass is 283 g/mol. The quantitative estimate of drug-likeness (QED) is 0.813. The zero-order valence-electron chi connectivity index (χ0n) is 12.4. The lowest BCUT2D eigenvalue weighted by Gasteiger charge is -2.28. The predicted octanol–water partition coefficient (Wildman–Crippen LogP) is 2.20. The van der Waals surface area contributed by atoms with E-state index in [1.807, 2.05) is 18.7 Å². The van der Waals surface area contributed by atoms with E-state index < -0.39 is 17.9 Å². The molecule has 1 N–H and O–H groups in total. The smallest absolute Gasteiger partial charge is 0.338 e.